The third-order valence-electron chi connectivity index (χ3n) is 4.39. The van der Waals surface area contributed by atoms with Crippen LogP contribution in [-0.2, 0) is 12.0 Å². The summed E-state index contributed by atoms with van der Waals surface area (Å²) in [6.45, 7) is 2.26. The molecular formula is C17H20OS. The van der Waals surface area contributed by atoms with Crippen LogP contribution in [0.5, 0.6) is 0 Å². The number of aliphatic hydroxyl groups is 1. The number of fused-ring (bicyclic) bond motifs is 1. The van der Waals surface area contributed by atoms with Gasteiger partial charge in [-0.05, 0) is 65.1 Å². The van der Waals surface area contributed by atoms with Gasteiger partial charge in [0.1, 0.15) is 0 Å². The summed E-state index contributed by atoms with van der Waals surface area (Å²) in [5.41, 5.74) is 3.20. The molecule has 1 nitrogen and oxygen atoms in total. The van der Waals surface area contributed by atoms with Crippen molar-refractivity contribution in [2.45, 2.75) is 44.1 Å². The highest BCUT2D eigenvalue weighted by Crippen LogP contribution is 2.43. The predicted octanol–water partition coefficient (Wildman–Crippen LogP) is 4.47. The number of rotatable bonds is 3. The van der Waals surface area contributed by atoms with E-state index >= 15 is 0 Å². The fourth-order valence-corrected chi connectivity index (χ4v) is 3.84. The zero-order valence-corrected chi connectivity index (χ0v) is 12.1. The van der Waals surface area contributed by atoms with E-state index in [-0.39, 0.29) is 0 Å². The van der Waals surface area contributed by atoms with Gasteiger partial charge in [0.2, 0.25) is 0 Å². The Kier molecular flexibility index (Phi) is 3.46. The molecule has 0 aliphatic heterocycles. The van der Waals surface area contributed by atoms with Crippen LogP contribution in [0.15, 0.2) is 41.1 Å². The minimum absolute atomic E-state index is 0.567. The number of benzene rings is 1. The van der Waals surface area contributed by atoms with E-state index in [1.807, 2.05) is 6.07 Å². The molecular weight excluding hydrogens is 252 g/mol. The van der Waals surface area contributed by atoms with Crippen molar-refractivity contribution in [3.63, 3.8) is 0 Å². The van der Waals surface area contributed by atoms with E-state index in [0.29, 0.717) is 5.92 Å². The molecule has 100 valence electrons. The maximum atomic E-state index is 11.0. The normalized spacial score (nSPS) is 26.1. The molecule has 1 heterocycles. The van der Waals surface area contributed by atoms with E-state index in [4.69, 9.17) is 0 Å². The first-order chi connectivity index (χ1) is 9.19. The Morgan fingerprint density at radius 1 is 1.32 bits per heavy atom. The summed E-state index contributed by atoms with van der Waals surface area (Å²) in [6, 6.07) is 10.6. The summed E-state index contributed by atoms with van der Waals surface area (Å²) in [5.74, 6) is 0.567. The van der Waals surface area contributed by atoms with Crippen molar-refractivity contribution >= 4 is 11.3 Å². The summed E-state index contributed by atoms with van der Waals surface area (Å²) in [5, 5.41) is 15.3. The standard InChI is InChI=1S/C17H20OS/c1-13-6-9-17(18,10-7-14-8-11-19-12-14)16-5-3-2-4-15(13)16/h2-5,8,11-13,18H,6-7,9-10H2,1H3. The maximum absolute atomic E-state index is 11.0. The fraction of sp³-hybridized carbons (Fsp3) is 0.412. The molecule has 0 spiro atoms. The molecule has 0 saturated carbocycles. The maximum Gasteiger partial charge on any atom is 0.0902 e. The van der Waals surface area contributed by atoms with Gasteiger partial charge in [-0.1, -0.05) is 31.2 Å². The van der Waals surface area contributed by atoms with E-state index in [9.17, 15) is 5.11 Å². The van der Waals surface area contributed by atoms with E-state index in [1.165, 1.54) is 11.1 Å². The first kappa shape index (κ1) is 12.9. The van der Waals surface area contributed by atoms with Crippen LogP contribution in [0.1, 0.15) is 48.8 Å². The highest BCUT2D eigenvalue weighted by Gasteiger charge is 2.36. The lowest BCUT2D eigenvalue weighted by Crippen LogP contribution is -2.32. The van der Waals surface area contributed by atoms with Crippen molar-refractivity contribution in [1.29, 1.82) is 0 Å². The van der Waals surface area contributed by atoms with Crippen molar-refractivity contribution in [2.24, 2.45) is 0 Å². The van der Waals surface area contributed by atoms with Crippen molar-refractivity contribution in [3.05, 3.63) is 57.8 Å². The molecule has 1 N–H and O–H groups in total. The van der Waals surface area contributed by atoms with Gasteiger partial charge >= 0.3 is 0 Å². The van der Waals surface area contributed by atoms with Crippen LogP contribution in [-0.4, -0.2) is 5.11 Å². The highest BCUT2D eigenvalue weighted by molar-refractivity contribution is 7.07. The zero-order valence-electron chi connectivity index (χ0n) is 11.3. The zero-order chi connectivity index (χ0) is 13.3. The van der Waals surface area contributed by atoms with Crippen molar-refractivity contribution in [3.8, 4) is 0 Å². The molecule has 1 aliphatic rings. The number of thiophene rings is 1. The van der Waals surface area contributed by atoms with Gasteiger partial charge in [0.05, 0.1) is 5.60 Å². The van der Waals surface area contributed by atoms with Gasteiger partial charge in [-0.2, -0.15) is 11.3 Å². The van der Waals surface area contributed by atoms with Crippen LogP contribution in [0, 0.1) is 0 Å². The number of hydrogen-bond donors (Lipinski definition) is 1. The van der Waals surface area contributed by atoms with Gasteiger partial charge < -0.3 is 5.11 Å². The quantitative estimate of drug-likeness (QED) is 0.874. The monoisotopic (exact) mass is 272 g/mol. The molecule has 0 amide bonds. The summed E-state index contributed by atoms with van der Waals surface area (Å²) in [4.78, 5) is 0. The molecule has 2 heteroatoms. The van der Waals surface area contributed by atoms with Crippen LogP contribution in [0.2, 0.25) is 0 Å². The second-order valence-corrected chi connectivity index (χ2v) is 6.47. The lowest BCUT2D eigenvalue weighted by atomic mass is 9.72. The number of aryl methyl sites for hydroxylation is 1. The van der Waals surface area contributed by atoms with E-state index < -0.39 is 5.60 Å². The van der Waals surface area contributed by atoms with Crippen molar-refractivity contribution in [2.75, 3.05) is 0 Å². The van der Waals surface area contributed by atoms with E-state index in [2.05, 4.69) is 41.9 Å². The predicted molar refractivity (Wildman–Crippen MR) is 80.6 cm³/mol. The summed E-state index contributed by atoms with van der Waals surface area (Å²) >= 11 is 1.73. The largest absolute Gasteiger partial charge is 0.385 e. The van der Waals surface area contributed by atoms with E-state index in [1.54, 1.807) is 11.3 Å². The Bertz CT molecular complexity index is 546. The first-order valence-electron chi connectivity index (χ1n) is 7.02. The number of hydrogen-bond acceptors (Lipinski definition) is 2. The second kappa shape index (κ2) is 5.10. The lowest BCUT2D eigenvalue weighted by Gasteiger charge is -2.37. The Balaban J connectivity index is 1.85. The molecule has 3 rings (SSSR count). The molecule has 1 aromatic heterocycles. The second-order valence-electron chi connectivity index (χ2n) is 5.69. The Hall–Kier alpha value is -1.12. The molecule has 1 aromatic carbocycles. The van der Waals surface area contributed by atoms with Crippen molar-refractivity contribution in [1.82, 2.24) is 0 Å². The average Bonchev–Trinajstić information content (AvgIpc) is 2.95. The minimum Gasteiger partial charge on any atom is -0.385 e. The Morgan fingerprint density at radius 3 is 2.95 bits per heavy atom. The van der Waals surface area contributed by atoms with Gasteiger partial charge in [-0.15, -0.1) is 0 Å². The molecule has 2 aromatic rings. The van der Waals surface area contributed by atoms with Crippen LogP contribution < -0.4 is 0 Å². The lowest BCUT2D eigenvalue weighted by molar-refractivity contribution is 0.00734. The van der Waals surface area contributed by atoms with Crippen LogP contribution >= 0.6 is 11.3 Å². The smallest absolute Gasteiger partial charge is 0.0902 e. The molecule has 0 saturated heterocycles. The molecule has 0 radical (unpaired) electrons. The third-order valence-corrected chi connectivity index (χ3v) is 5.12. The van der Waals surface area contributed by atoms with Gasteiger partial charge in [-0.25, -0.2) is 0 Å². The SMILES string of the molecule is CC1CCC(O)(CCc2ccsc2)c2ccccc21. The van der Waals surface area contributed by atoms with Gasteiger partial charge in [0.25, 0.3) is 0 Å². The topological polar surface area (TPSA) is 20.2 Å². The van der Waals surface area contributed by atoms with Crippen molar-refractivity contribution < 1.29 is 5.11 Å². The third kappa shape index (κ3) is 2.47. The van der Waals surface area contributed by atoms with Crippen LogP contribution in [0.25, 0.3) is 0 Å². The summed E-state index contributed by atoms with van der Waals surface area (Å²) in [7, 11) is 0. The summed E-state index contributed by atoms with van der Waals surface area (Å²) in [6.07, 6.45) is 3.75. The highest BCUT2D eigenvalue weighted by atomic mass is 32.1. The van der Waals surface area contributed by atoms with Gasteiger partial charge in [0.15, 0.2) is 0 Å². The molecule has 2 unspecified atom stereocenters. The molecule has 0 fully saturated rings. The Morgan fingerprint density at radius 2 is 2.16 bits per heavy atom. The Labute approximate surface area is 118 Å². The summed E-state index contributed by atoms with van der Waals surface area (Å²) < 4.78 is 0. The van der Waals surface area contributed by atoms with Crippen LogP contribution in [0.4, 0.5) is 0 Å². The molecule has 0 bridgehead atoms. The molecule has 1 aliphatic carbocycles. The van der Waals surface area contributed by atoms with Crippen LogP contribution in [0.3, 0.4) is 0 Å². The average molecular weight is 272 g/mol. The first-order valence-corrected chi connectivity index (χ1v) is 7.96. The molecule has 19 heavy (non-hydrogen) atoms. The van der Waals surface area contributed by atoms with Gasteiger partial charge in [-0.3, -0.25) is 0 Å². The minimum atomic E-state index is -0.634. The van der Waals surface area contributed by atoms with E-state index in [0.717, 1.165) is 31.2 Å². The fourth-order valence-electron chi connectivity index (χ4n) is 3.14. The molecule has 2 atom stereocenters. The van der Waals surface area contributed by atoms with Gasteiger partial charge in [0, 0.05) is 0 Å².